The Morgan fingerprint density at radius 3 is 2.42 bits per heavy atom. The molecular formula is C7H8BClO3. The first-order chi connectivity index (χ1) is 5.52. The minimum atomic E-state index is -1.67. The lowest BCUT2D eigenvalue weighted by Gasteiger charge is -2.05. The van der Waals surface area contributed by atoms with E-state index in [0.29, 0.717) is 10.6 Å². The largest absolute Gasteiger partial charge is 0.508 e. The summed E-state index contributed by atoms with van der Waals surface area (Å²) in [5, 5.41) is 27.1. The van der Waals surface area contributed by atoms with E-state index in [1.165, 1.54) is 12.1 Å². The number of phenols is 1. The van der Waals surface area contributed by atoms with Gasteiger partial charge < -0.3 is 15.2 Å². The maximum absolute atomic E-state index is 9.18. The quantitative estimate of drug-likeness (QED) is 0.543. The van der Waals surface area contributed by atoms with Crippen molar-refractivity contribution in [2.75, 3.05) is 0 Å². The lowest BCUT2D eigenvalue weighted by Crippen LogP contribution is -2.30. The summed E-state index contributed by atoms with van der Waals surface area (Å²) in [6.07, 6.45) is 0. The Balaban J connectivity index is 3.23. The van der Waals surface area contributed by atoms with Crippen molar-refractivity contribution in [3.63, 3.8) is 0 Å². The second-order valence-electron chi connectivity index (χ2n) is 2.53. The molecule has 1 aromatic rings. The average Bonchev–Trinajstić information content (AvgIpc) is 1.96. The fourth-order valence-corrected chi connectivity index (χ4v) is 1.06. The molecule has 5 heteroatoms. The molecule has 0 aromatic heterocycles. The van der Waals surface area contributed by atoms with Crippen molar-refractivity contribution >= 4 is 24.2 Å². The molecule has 0 fully saturated rings. The van der Waals surface area contributed by atoms with Crippen molar-refractivity contribution in [2.24, 2.45) is 0 Å². The number of rotatable bonds is 1. The molecular weight excluding hydrogens is 178 g/mol. The van der Waals surface area contributed by atoms with Gasteiger partial charge in [-0.2, -0.15) is 0 Å². The predicted octanol–water partition coefficient (Wildman–Crippen LogP) is 0.0338. The Labute approximate surface area is 75.4 Å². The summed E-state index contributed by atoms with van der Waals surface area (Å²) in [5.74, 6) is -0.208. The van der Waals surface area contributed by atoms with Crippen LogP contribution in [0.15, 0.2) is 12.1 Å². The fraction of sp³-hybridized carbons (Fsp3) is 0.143. The summed E-state index contributed by atoms with van der Waals surface area (Å²) >= 11 is 5.67. The first-order valence-electron chi connectivity index (χ1n) is 3.37. The van der Waals surface area contributed by atoms with Crippen molar-refractivity contribution in [1.29, 1.82) is 0 Å². The summed E-state index contributed by atoms with van der Waals surface area (Å²) in [6.45, 7) is 1.72. The molecule has 0 heterocycles. The summed E-state index contributed by atoms with van der Waals surface area (Å²) < 4.78 is 0. The number of aryl methyl sites for hydroxylation is 1. The van der Waals surface area contributed by atoms with E-state index in [9.17, 15) is 5.11 Å². The van der Waals surface area contributed by atoms with Gasteiger partial charge in [0.25, 0.3) is 0 Å². The Hall–Kier alpha value is -0.705. The van der Waals surface area contributed by atoms with Gasteiger partial charge in [-0.05, 0) is 18.6 Å². The van der Waals surface area contributed by atoms with Crippen LogP contribution in [0.3, 0.4) is 0 Å². The van der Waals surface area contributed by atoms with Gasteiger partial charge in [-0.3, -0.25) is 0 Å². The molecule has 0 aliphatic rings. The smallest absolute Gasteiger partial charge is 0.492 e. The zero-order valence-corrected chi connectivity index (χ0v) is 7.21. The highest BCUT2D eigenvalue weighted by Crippen LogP contribution is 2.18. The van der Waals surface area contributed by atoms with Gasteiger partial charge in [0.15, 0.2) is 0 Å². The summed E-state index contributed by atoms with van der Waals surface area (Å²) in [5.41, 5.74) is 0.759. The van der Waals surface area contributed by atoms with Crippen LogP contribution in [0.2, 0.25) is 5.02 Å². The first kappa shape index (κ1) is 9.38. The predicted molar refractivity (Wildman–Crippen MR) is 47.7 cm³/mol. The molecule has 0 unspecified atom stereocenters. The Kier molecular flexibility index (Phi) is 2.62. The normalized spacial score (nSPS) is 10.0. The number of phenolic OH excluding ortho intramolecular Hbond substituents is 1. The highest BCUT2D eigenvalue weighted by molar-refractivity contribution is 6.59. The highest BCUT2D eigenvalue weighted by atomic mass is 35.5. The molecule has 3 N–H and O–H groups in total. The third-order valence-electron chi connectivity index (χ3n) is 1.59. The van der Waals surface area contributed by atoms with Gasteiger partial charge >= 0.3 is 7.12 Å². The molecule has 12 heavy (non-hydrogen) atoms. The summed E-state index contributed by atoms with van der Waals surface area (Å²) in [6, 6.07) is 2.72. The maximum Gasteiger partial charge on any atom is 0.492 e. The zero-order valence-electron chi connectivity index (χ0n) is 6.45. The lowest BCUT2D eigenvalue weighted by atomic mass is 9.79. The Morgan fingerprint density at radius 1 is 1.33 bits per heavy atom. The maximum atomic E-state index is 9.18. The van der Waals surface area contributed by atoms with Crippen LogP contribution in [0.25, 0.3) is 0 Å². The SMILES string of the molecule is Cc1cc(B(O)O)c(O)cc1Cl. The molecule has 0 aliphatic heterocycles. The molecule has 0 saturated heterocycles. The van der Waals surface area contributed by atoms with Gasteiger partial charge in [-0.1, -0.05) is 17.7 Å². The highest BCUT2D eigenvalue weighted by Gasteiger charge is 2.16. The van der Waals surface area contributed by atoms with Gasteiger partial charge in [0.05, 0.1) is 0 Å². The number of halogens is 1. The van der Waals surface area contributed by atoms with Gasteiger partial charge in [0.1, 0.15) is 5.75 Å². The van der Waals surface area contributed by atoms with E-state index in [1.807, 2.05) is 0 Å². The van der Waals surface area contributed by atoms with Gasteiger partial charge in [0.2, 0.25) is 0 Å². The first-order valence-corrected chi connectivity index (χ1v) is 3.75. The number of aromatic hydroxyl groups is 1. The molecule has 0 radical (unpaired) electrons. The Bertz CT molecular complexity index is 301. The van der Waals surface area contributed by atoms with Gasteiger partial charge in [-0.15, -0.1) is 0 Å². The van der Waals surface area contributed by atoms with Crippen LogP contribution in [0.4, 0.5) is 0 Å². The molecule has 1 rings (SSSR count). The van der Waals surface area contributed by atoms with Crippen LogP contribution in [-0.2, 0) is 0 Å². The van der Waals surface area contributed by atoms with Crippen LogP contribution in [0.1, 0.15) is 5.56 Å². The molecule has 1 aromatic carbocycles. The third-order valence-corrected chi connectivity index (χ3v) is 1.99. The van der Waals surface area contributed by atoms with E-state index in [-0.39, 0.29) is 11.2 Å². The fourth-order valence-electron chi connectivity index (χ4n) is 0.900. The minimum absolute atomic E-state index is 0.0666. The molecule has 0 amide bonds. The lowest BCUT2D eigenvalue weighted by molar-refractivity contribution is 0.419. The molecule has 3 nitrogen and oxygen atoms in total. The number of hydrogen-bond donors (Lipinski definition) is 3. The van der Waals surface area contributed by atoms with Crippen LogP contribution in [0, 0.1) is 6.92 Å². The van der Waals surface area contributed by atoms with Crippen LogP contribution in [-0.4, -0.2) is 22.3 Å². The van der Waals surface area contributed by atoms with E-state index in [4.69, 9.17) is 21.6 Å². The number of benzene rings is 1. The van der Waals surface area contributed by atoms with E-state index in [0.717, 1.165) is 0 Å². The van der Waals surface area contributed by atoms with Crippen LogP contribution < -0.4 is 5.46 Å². The monoisotopic (exact) mass is 186 g/mol. The summed E-state index contributed by atoms with van der Waals surface area (Å²) in [4.78, 5) is 0. The van der Waals surface area contributed by atoms with Crippen molar-refractivity contribution < 1.29 is 15.2 Å². The molecule has 0 atom stereocenters. The van der Waals surface area contributed by atoms with Crippen LogP contribution in [0.5, 0.6) is 5.75 Å². The third kappa shape index (κ3) is 1.72. The topological polar surface area (TPSA) is 60.7 Å². The van der Waals surface area contributed by atoms with Gasteiger partial charge in [0, 0.05) is 10.5 Å². The second-order valence-corrected chi connectivity index (χ2v) is 2.94. The van der Waals surface area contributed by atoms with E-state index >= 15 is 0 Å². The van der Waals surface area contributed by atoms with Crippen molar-refractivity contribution in [1.82, 2.24) is 0 Å². The van der Waals surface area contributed by atoms with Crippen molar-refractivity contribution in [2.45, 2.75) is 6.92 Å². The van der Waals surface area contributed by atoms with Crippen LogP contribution >= 0.6 is 11.6 Å². The minimum Gasteiger partial charge on any atom is -0.508 e. The summed E-state index contributed by atoms with van der Waals surface area (Å²) in [7, 11) is -1.67. The molecule has 0 saturated carbocycles. The number of hydrogen-bond acceptors (Lipinski definition) is 3. The van der Waals surface area contributed by atoms with Crippen molar-refractivity contribution in [3.05, 3.63) is 22.7 Å². The van der Waals surface area contributed by atoms with E-state index in [2.05, 4.69) is 0 Å². The molecule has 64 valence electrons. The average molecular weight is 186 g/mol. The van der Waals surface area contributed by atoms with Gasteiger partial charge in [-0.25, -0.2) is 0 Å². The van der Waals surface area contributed by atoms with E-state index in [1.54, 1.807) is 6.92 Å². The molecule has 0 aliphatic carbocycles. The molecule has 0 spiro atoms. The second kappa shape index (κ2) is 3.35. The van der Waals surface area contributed by atoms with E-state index < -0.39 is 7.12 Å². The Morgan fingerprint density at radius 2 is 1.92 bits per heavy atom. The molecule has 0 bridgehead atoms. The standard InChI is InChI=1S/C7H8BClO3/c1-4-2-5(8(11)12)7(10)3-6(4)9/h2-3,10-12H,1H3. The van der Waals surface area contributed by atoms with Crippen molar-refractivity contribution in [3.8, 4) is 5.75 Å². The zero-order chi connectivity index (χ0) is 9.30.